The molecule has 0 bridgehead atoms. The van der Waals surface area contributed by atoms with Crippen molar-refractivity contribution >= 4 is 49.7 Å². The summed E-state index contributed by atoms with van der Waals surface area (Å²) in [5.74, 6) is -0.783. The van der Waals surface area contributed by atoms with E-state index in [0.717, 1.165) is 23.2 Å². The molecule has 0 aliphatic rings. The van der Waals surface area contributed by atoms with Crippen molar-refractivity contribution in [2.45, 2.75) is 11.8 Å². The Bertz CT molecular complexity index is 1220. The van der Waals surface area contributed by atoms with Crippen molar-refractivity contribution in [1.82, 2.24) is 0 Å². The lowest BCUT2D eigenvalue weighted by Crippen LogP contribution is -2.21. The zero-order valence-corrected chi connectivity index (χ0v) is 19.6. The Morgan fingerprint density at radius 1 is 1.06 bits per heavy atom. The maximum Gasteiger partial charge on any atom is 0.341 e. The minimum Gasteiger partial charge on any atom is -0.484 e. The molecular weight excluding hydrogens is 474 g/mol. The number of anilines is 1. The van der Waals surface area contributed by atoms with Gasteiger partial charge in [0.05, 0.1) is 11.5 Å². The number of amides is 1. The Balaban J connectivity index is 1.79. The first kappa shape index (κ1) is 23.8. The van der Waals surface area contributed by atoms with E-state index in [2.05, 4.69) is 5.32 Å². The van der Waals surface area contributed by atoms with Crippen LogP contribution in [0.25, 0.3) is 11.1 Å². The number of thiophene rings is 1. The molecule has 0 unspecified atom stereocenters. The first-order valence-corrected chi connectivity index (χ1v) is 12.6. The maximum absolute atomic E-state index is 12.6. The fourth-order valence-electron chi connectivity index (χ4n) is 2.85. The molecule has 0 aliphatic heterocycles. The molecule has 168 valence electrons. The van der Waals surface area contributed by atoms with E-state index in [1.54, 1.807) is 6.92 Å². The summed E-state index contributed by atoms with van der Waals surface area (Å²) in [5, 5.41) is 2.92. The summed E-state index contributed by atoms with van der Waals surface area (Å²) in [5.41, 5.74) is 1.39. The highest BCUT2D eigenvalue weighted by Crippen LogP contribution is 2.43. The van der Waals surface area contributed by atoms with E-state index in [9.17, 15) is 18.0 Å². The van der Waals surface area contributed by atoms with Crippen molar-refractivity contribution in [2.75, 3.05) is 24.8 Å². The second kappa shape index (κ2) is 10.2. The van der Waals surface area contributed by atoms with E-state index in [-0.39, 0.29) is 28.7 Å². The molecule has 32 heavy (non-hydrogen) atoms. The number of ether oxygens (including phenoxy) is 2. The van der Waals surface area contributed by atoms with Gasteiger partial charge < -0.3 is 14.8 Å². The monoisotopic (exact) mass is 493 g/mol. The molecule has 0 fully saturated rings. The van der Waals surface area contributed by atoms with Gasteiger partial charge in [0.1, 0.15) is 20.7 Å². The zero-order chi connectivity index (χ0) is 23.3. The van der Waals surface area contributed by atoms with Crippen LogP contribution in [0.3, 0.4) is 0 Å². The van der Waals surface area contributed by atoms with Crippen LogP contribution in [0.5, 0.6) is 5.75 Å². The molecule has 0 aliphatic carbocycles. The summed E-state index contributed by atoms with van der Waals surface area (Å²) in [6, 6.07) is 14.8. The highest BCUT2D eigenvalue weighted by molar-refractivity contribution is 7.90. The van der Waals surface area contributed by atoms with Gasteiger partial charge in [-0.1, -0.05) is 41.9 Å². The van der Waals surface area contributed by atoms with Gasteiger partial charge >= 0.3 is 5.97 Å². The second-order valence-corrected chi connectivity index (χ2v) is 10.3. The standard InChI is InChI=1S/C22H20ClNO6S2/c1-3-29-22(26)19-18(14-7-5-4-6-8-14)20(23)31-21(19)24-17(25)13-30-15-9-11-16(12-10-15)32(2,27)28/h4-12H,3,13H2,1-2H3,(H,24,25). The van der Waals surface area contributed by atoms with Crippen LogP contribution in [0.1, 0.15) is 17.3 Å². The number of hydrogen-bond acceptors (Lipinski definition) is 7. The zero-order valence-electron chi connectivity index (χ0n) is 17.3. The Morgan fingerprint density at radius 2 is 1.72 bits per heavy atom. The minimum atomic E-state index is -3.32. The smallest absolute Gasteiger partial charge is 0.341 e. The minimum absolute atomic E-state index is 0.148. The summed E-state index contributed by atoms with van der Waals surface area (Å²) in [4.78, 5) is 25.3. The van der Waals surface area contributed by atoms with E-state index < -0.39 is 21.7 Å². The molecule has 1 N–H and O–H groups in total. The first-order valence-electron chi connectivity index (χ1n) is 9.48. The third kappa shape index (κ3) is 5.67. The van der Waals surface area contributed by atoms with Gasteiger partial charge in [0, 0.05) is 11.8 Å². The van der Waals surface area contributed by atoms with Gasteiger partial charge in [0.15, 0.2) is 16.4 Å². The molecule has 1 heterocycles. The van der Waals surface area contributed by atoms with Crippen LogP contribution >= 0.6 is 22.9 Å². The number of hydrogen-bond donors (Lipinski definition) is 1. The third-order valence-corrected chi connectivity index (χ3v) is 6.72. The predicted octanol–water partition coefficient (Wildman–Crippen LogP) is 4.67. The topological polar surface area (TPSA) is 98.8 Å². The first-order chi connectivity index (χ1) is 15.2. The Morgan fingerprint density at radius 3 is 2.31 bits per heavy atom. The van der Waals surface area contributed by atoms with Crippen LogP contribution < -0.4 is 10.1 Å². The average Bonchev–Trinajstić information content (AvgIpc) is 3.08. The van der Waals surface area contributed by atoms with Gasteiger partial charge in [-0.15, -0.1) is 11.3 Å². The van der Waals surface area contributed by atoms with Crippen molar-refractivity contribution < 1.29 is 27.5 Å². The molecule has 0 atom stereocenters. The Kier molecular flexibility index (Phi) is 7.55. The van der Waals surface area contributed by atoms with E-state index >= 15 is 0 Å². The molecule has 0 saturated heterocycles. The lowest BCUT2D eigenvalue weighted by atomic mass is 10.0. The molecule has 3 rings (SSSR count). The number of carbonyl (C=O) groups is 2. The lowest BCUT2D eigenvalue weighted by Gasteiger charge is -2.10. The average molecular weight is 494 g/mol. The second-order valence-electron chi connectivity index (χ2n) is 6.62. The molecule has 3 aromatic rings. The fraction of sp³-hybridized carbons (Fsp3) is 0.182. The predicted molar refractivity (Wildman–Crippen MR) is 124 cm³/mol. The third-order valence-electron chi connectivity index (χ3n) is 4.28. The Labute approximate surface area is 194 Å². The maximum atomic E-state index is 12.6. The summed E-state index contributed by atoms with van der Waals surface area (Å²) in [6.45, 7) is 1.51. The summed E-state index contributed by atoms with van der Waals surface area (Å²) < 4.78 is 34.0. The van der Waals surface area contributed by atoms with Crippen molar-refractivity contribution in [1.29, 1.82) is 0 Å². The highest BCUT2D eigenvalue weighted by atomic mass is 35.5. The van der Waals surface area contributed by atoms with Gasteiger partial charge in [-0.2, -0.15) is 0 Å². The van der Waals surface area contributed by atoms with Crippen molar-refractivity contribution in [3.63, 3.8) is 0 Å². The molecule has 2 aromatic carbocycles. The summed E-state index contributed by atoms with van der Waals surface area (Å²) in [7, 11) is -3.32. The molecule has 0 spiro atoms. The number of rotatable bonds is 8. The fourth-order valence-corrected chi connectivity index (χ4v) is 4.87. The van der Waals surface area contributed by atoms with Gasteiger partial charge in [-0.3, -0.25) is 4.79 Å². The molecule has 0 saturated carbocycles. The van der Waals surface area contributed by atoms with Gasteiger partial charge in [0.25, 0.3) is 5.91 Å². The molecule has 1 amide bonds. The lowest BCUT2D eigenvalue weighted by molar-refractivity contribution is -0.118. The number of benzene rings is 2. The van der Waals surface area contributed by atoms with Crippen LogP contribution in [0, 0.1) is 0 Å². The van der Waals surface area contributed by atoms with Crippen molar-refractivity contribution in [2.24, 2.45) is 0 Å². The molecule has 0 radical (unpaired) electrons. The molecule has 10 heteroatoms. The van der Waals surface area contributed by atoms with Crippen molar-refractivity contribution in [3.8, 4) is 16.9 Å². The van der Waals surface area contributed by atoms with E-state index in [4.69, 9.17) is 21.1 Å². The van der Waals surface area contributed by atoms with E-state index in [1.807, 2.05) is 30.3 Å². The van der Waals surface area contributed by atoms with Gasteiger partial charge in [0.2, 0.25) is 0 Å². The summed E-state index contributed by atoms with van der Waals surface area (Å²) >= 11 is 7.47. The highest BCUT2D eigenvalue weighted by Gasteiger charge is 2.26. The van der Waals surface area contributed by atoms with Crippen LogP contribution in [0.15, 0.2) is 59.5 Å². The number of sulfone groups is 1. The van der Waals surface area contributed by atoms with E-state index in [0.29, 0.717) is 15.6 Å². The SMILES string of the molecule is CCOC(=O)c1c(NC(=O)COc2ccc(S(C)(=O)=O)cc2)sc(Cl)c1-c1ccccc1. The van der Waals surface area contributed by atoms with Crippen molar-refractivity contribution in [3.05, 3.63) is 64.5 Å². The molecule has 7 nitrogen and oxygen atoms in total. The van der Waals surface area contributed by atoms with Crippen LogP contribution in [-0.4, -0.2) is 39.8 Å². The van der Waals surface area contributed by atoms with Crippen LogP contribution in [0.4, 0.5) is 5.00 Å². The van der Waals surface area contributed by atoms with Gasteiger partial charge in [-0.25, -0.2) is 13.2 Å². The van der Waals surface area contributed by atoms with Gasteiger partial charge in [-0.05, 0) is 36.8 Å². The van der Waals surface area contributed by atoms with E-state index in [1.165, 1.54) is 24.3 Å². The van der Waals surface area contributed by atoms with Crippen LogP contribution in [-0.2, 0) is 19.4 Å². The quantitative estimate of drug-likeness (QED) is 0.458. The molecular formula is C22H20ClNO6S2. The van der Waals surface area contributed by atoms with Crippen LogP contribution in [0.2, 0.25) is 4.34 Å². The normalized spacial score (nSPS) is 11.1. The Hall–Kier alpha value is -2.88. The number of nitrogens with one attached hydrogen (secondary N) is 1. The largest absolute Gasteiger partial charge is 0.484 e. The summed E-state index contributed by atoms with van der Waals surface area (Å²) in [6.07, 6.45) is 1.10. The molecule has 1 aromatic heterocycles. The number of carbonyl (C=O) groups excluding carboxylic acids is 2. The number of halogens is 1. The number of esters is 1.